The highest BCUT2D eigenvalue weighted by atomic mass is 16.6. The molecule has 0 aliphatic rings. The molecule has 0 aliphatic heterocycles. The second kappa shape index (κ2) is 30.7. The van der Waals surface area contributed by atoms with Crippen LogP contribution in [-0.4, -0.2) is 47.6 Å². The molecule has 43 heavy (non-hydrogen) atoms. The van der Waals surface area contributed by atoms with E-state index in [0.29, 0.717) is 19.3 Å². The molecule has 2 N–H and O–H groups in total. The molecule has 0 fully saturated rings. The van der Waals surface area contributed by atoms with Gasteiger partial charge in [0.1, 0.15) is 6.61 Å². The average molecular weight is 601 g/mol. The first-order valence-electron chi connectivity index (χ1n) is 16.5. The second-order valence-corrected chi connectivity index (χ2v) is 11.2. The molecule has 0 saturated carbocycles. The van der Waals surface area contributed by atoms with Gasteiger partial charge in [0, 0.05) is 12.8 Å². The molecule has 0 aromatic rings. The number of allylic oxidation sites excluding steroid dienone is 10. The zero-order valence-electron chi connectivity index (χ0n) is 27.2. The molecule has 0 rings (SSSR count). The number of hydrogen-bond acceptors (Lipinski definition) is 6. The summed E-state index contributed by atoms with van der Waals surface area (Å²) in [6, 6.07) is 0. The Bertz CT molecular complexity index is 849. The van der Waals surface area contributed by atoms with E-state index in [1.807, 2.05) is 30.4 Å². The molecule has 0 spiro atoms. The molecular weight excluding hydrogens is 540 g/mol. The number of aliphatic hydroxyl groups excluding tert-OH is 2. The summed E-state index contributed by atoms with van der Waals surface area (Å²) in [4.78, 5) is 24.0. The van der Waals surface area contributed by atoms with E-state index >= 15 is 0 Å². The van der Waals surface area contributed by atoms with Crippen molar-refractivity contribution in [2.75, 3.05) is 13.2 Å². The Balaban J connectivity index is 3.84. The fourth-order valence-electron chi connectivity index (χ4n) is 4.02. The number of hydrogen-bond donors (Lipinski definition) is 2. The van der Waals surface area contributed by atoms with Crippen molar-refractivity contribution in [3.05, 3.63) is 72.9 Å². The maximum atomic E-state index is 12.0. The van der Waals surface area contributed by atoms with Crippen molar-refractivity contribution in [2.45, 2.75) is 129 Å². The van der Waals surface area contributed by atoms with Gasteiger partial charge < -0.3 is 19.7 Å². The van der Waals surface area contributed by atoms with E-state index in [1.54, 1.807) is 6.08 Å². The van der Waals surface area contributed by atoms with E-state index in [9.17, 15) is 19.8 Å². The van der Waals surface area contributed by atoms with Crippen molar-refractivity contribution in [3.63, 3.8) is 0 Å². The number of aliphatic hydroxyl groups is 2. The van der Waals surface area contributed by atoms with Gasteiger partial charge in [-0.25, -0.2) is 0 Å². The Hall–Kier alpha value is -2.70. The number of esters is 2. The predicted octanol–water partition coefficient (Wildman–Crippen LogP) is 8.66. The highest BCUT2D eigenvalue weighted by Gasteiger charge is 2.15. The van der Waals surface area contributed by atoms with Crippen molar-refractivity contribution in [1.29, 1.82) is 0 Å². The van der Waals surface area contributed by atoms with Crippen molar-refractivity contribution in [1.82, 2.24) is 0 Å². The smallest absolute Gasteiger partial charge is 0.306 e. The van der Waals surface area contributed by atoms with Gasteiger partial charge in [-0.05, 0) is 50.9 Å². The van der Waals surface area contributed by atoms with Gasteiger partial charge >= 0.3 is 11.9 Å². The summed E-state index contributed by atoms with van der Waals surface area (Å²) in [6.45, 7) is 6.08. The van der Waals surface area contributed by atoms with E-state index in [-0.39, 0.29) is 31.6 Å². The van der Waals surface area contributed by atoms with Gasteiger partial charge in [-0.2, -0.15) is 0 Å². The number of carbonyl (C=O) groups excluding carboxylic acids is 2. The van der Waals surface area contributed by atoms with E-state index < -0.39 is 12.2 Å². The quantitative estimate of drug-likeness (QED) is 0.0424. The van der Waals surface area contributed by atoms with Gasteiger partial charge in [-0.15, -0.1) is 0 Å². The van der Waals surface area contributed by atoms with Gasteiger partial charge in [0.2, 0.25) is 0 Å². The molecule has 0 aliphatic carbocycles. The molecular formula is C37H60O6. The predicted molar refractivity (Wildman–Crippen MR) is 179 cm³/mol. The largest absolute Gasteiger partial charge is 0.462 e. The van der Waals surface area contributed by atoms with Crippen molar-refractivity contribution < 1.29 is 29.3 Å². The van der Waals surface area contributed by atoms with Crippen molar-refractivity contribution >= 4 is 11.9 Å². The first-order chi connectivity index (χ1) is 20.9. The van der Waals surface area contributed by atoms with Crippen molar-refractivity contribution in [3.8, 4) is 0 Å². The summed E-state index contributed by atoms with van der Waals surface area (Å²) in [5, 5.41) is 19.2. The van der Waals surface area contributed by atoms with Gasteiger partial charge in [-0.1, -0.05) is 132 Å². The Morgan fingerprint density at radius 1 is 0.721 bits per heavy atom. The van der Waals surface area contributed by atoms with Crippen LogP contribution in [0.2, 0.25) is 0 Å². The van der Waals surface area contributed by atoms with Crippen molar-refractivity contribution in [2.24, 2.45) is 5.92 Å². The maximum Gasteiger partial charge on any atom is 0.306 e. The van der Waals surface area contributed by atoms with Crippen LogP contribution in [0.5, 0.6) is 0 Å². The van der Waals surface area contributed by atoms with Gasteiger partial charge in [-0.3, -0.25) is 9.59 Å². The summed E-state index contributed by atoms with van der Waals surface area (Å²) in [6.07, 6.45) is 36.0. The molecule has 2 atom stereocenters. The monoisotopic (exact) mass is 600 g/mol. The lowest BCUT2D eigenvalue weighted by molar-refractivity contribution is -0.161. The normalized spacial score (nSPS) is 14.0. The minimum Gasteiger partial charge on any atom is -0.462 e. The van der Waals surface area contributed by atoms with Crippen LogP contribution < -0.4 is 0 Å². The van der Waals surface area contributed by atoms with Gasteiger partial charge in [0.25, 0.3) is 0 Å². The Labute approximate surface area is 262 Å². The third-order valence-electron chi connectivity index (χ3n) is 6.54. The fraction of sp³-hybridized carbons (Fsp3) is 0.622. The van der Waals surface area contributed by atoms with Crippen LogP contribution >= 0.6 is 0 Å². The Morgan fingerprint density at radius 2 is 1.35 bits per heavy atom. The minimum atomic E-state index is -0.813. The molecule has 6 heteroatoms. The lowest BCUT2D eigenvalue weighted by Gasteiger charge is -2.15. The minimum absolute atomic E-state index is 0.122. The SMILES string of the molecule is CC/C=C\CC(O)/C=C/C=C/C/C=C\C/C=C\C/C=C\CCC(=O)OC[C@H](CO)OC(=O)CCCCCCCCC(C)C. The standard InChI is InChI=1S/C37H60O6/c1-4-5-21-27-34(39)28-23-18-13-11-9-7-6-8-10-12-14-19-24-29-36(40)42-32-35(31-38)43-37(41)30-25-20-16-15-17-22-26-33(2)3/h5,7-10,13-14,18-19,21,23,28,33-35,38-39H,4,6,11-12,15-17,20,22,24-27,29-32H2,1-3H3/b9-7-,10-8-,18-13+,19-14-,21-5-,28-23+/t34?,35-/m0/s1. The molecule has 0 heterocycles. The number of carbonyl (C=O) groups is 2. The van der Waals surface area contributed by atoms with E-state index in [0.717, 1.165) is 50.9 Å². The number of rotatable bonds is 27. The van der Waals surface area contributed by atoms with Crippen LogP contribution in [0, 0.1) is 5.92 Å². The first-order valence-corrected chi connectivity index (χ1v) is 16.5. The topological polar surface area (TPSA) is 93.1 Å². The molecule has 0 aromatic carbocycles. The van der Waals surface area contributed by atoms with E-state index in [1.165, 1.54) is 25.7 Å². The highest BCUT2D eigenvalue weighted by Crippen LogP contribution is 2.12. The maximum absolute atomic E-state index is 12.0. The summed E-state index contributed by atoms with van der Waals surface area (Å²) in [5.74, 6) is 0.0348. The molecule has 0 radical (unpaired) electrons. The number of ether oxygens (including phenoxy) is 2. The van der Waals surface area contributed by atoms with E-state index in [4.69, 9.17) is 9.47 Å². The van der Waals surface area contributed by atoms with Crippen LogP contribution in [0.4, 0.5) is 0 Å². The lowest BCUT2D eigenvalue weighted by atomic mass is 10.0. The van der Waals surface area contributed by atoms with Crippen LogP contribution in [0.3, 0.4) is 0 Å². The third-order valence-corrected chi connectivity index (χ3v) is 6.54. The highest BCUT2D eigenvalue weighted by molar-refractivity contribution is 5.70. The average Bonchev–Trinajstić information content (AvgIpc) is 2.98. The fourth-order valence-corrected chi connectivity index (χ4v) is 4.02. The van der Waals surface area contributed by atoms with Crippen LogP contribution in [0.1, 0.15) is 117 Å². The molecule has 0 bridgehead atoms. The molecule has 0 aromatic heterocycles. The zero-order valence-corrected chi connectivity index (χ0v) is 27.2. The van der Waals surface area contributed by atoms with Crippen LogP contribution in [0.15, 0.2) is 72.9 Å². The summed E-state index contributed by atoms with van der Waals surface area (Å²) in [7, 11) is 0. The lowest BCUT2D eigenvalue weighted by Crippen LogP contribution is -2.28. The molecule has 6 nitrogen and oxygen atoms in total. The summed E-state index contributed by atoms with van der Waals surface area (Å²) >= 11 is 0. The summed E-state index contributed by atoms with van der Waals surface area (Å²) < 4.78 is 10.4. The molecule has 0 saturated heterocycles. The first kappa shape index (κ1) is 40.3. The second-order valence-electron chi connectivity index (χ2n) is 11.2. The third kappa shape index (κ3) is 30.6. The van der Waals surface area contributed by atoms with E-state index in [2.05, 4.69) is 57.2 Å². The summed E-state index contributed by atoms with van der Waals surface area (Å²) in [5.41, 5.74) is 0. The van der Waals surface area contributed by atoms with Gasteiger partial charge in [0.05, 0.1) is 12.7 Å². The van der Waals surface area contributed by atoms with Crippen LogP contribution in [0.25, 0.3) is 0 Å². The van der Waals surface area contributed by atoms with Crippen LogP contribution in [-0.2, 0) is 19.1 Å². The molecule has 0 amide bonds. The van der Waals surface area contributed by atoms with Gasteiger partial charge in [0.15, 0.2) is 6.10 Å². The zero-order chi connectivity index (χ0) is 31.8. The Morgan fingerprint density at radius 3 is 2.00 bits per heavy atom. The Kier molecular flexibility index (Phi) is 28.8. The molecule has 244 valence electrons. The molecule has 1 unspecified atom stereocenters. The number of unbranched alkanes of at least 4 members (excludes halogenated alkanes) is 5.